The van der Waals surface area contributed by atoms with Crippen LogP contribution in [0.15, 0.2) is 32.5 Å². The van der Waals surface area contributed by atoms with Crippen molar-refractivity contribution in [3.05, 3.63) is 48.0 Å². The van der Waals surface area contributed by atoms with Crippen LogP contribution < -0.4 is 5.32 Å². The molecule has 0 aliphatic heterocycles. The standard InChI is InChI=1S/C12H8Br2ClNOS/c1-6-2-3-9(8(15)4-6)16-12(17)10-5-7(13)11(14)18-10/h2-5H,1H3,(H,16,17). The predicted octanol–water partition coefficient (Wildman–Crippen LogP) is 5.49. The number of hydrogen-bond donors (Lipinski definition) is 1. The number of aryl methyl sites for hydroxylation is 1. The molecular weight excluding hydrogens is 401 g/mol. The molecule has 0 bridgehead atoms. The largest absolute Gasteiger partial charge is 0.320 e. The molecule has 1 amide bonds. The van der Waals surface area contributed by atoms with E-state index in [4.69, 9.17) is 11.6 Å². The van der Waals surface area contributed by atoms with Gasteiger partial charge in [-0.3, -0.25) is 4.79 Å². The van der Waals surface area contributed by atoms with Crippen molar-refractivity contribution < 1.29 is 4.79 Å². The molecule has 6 heteroatoms. The average Bonchev–Trinajstić information content (AvgIpc) is 2.63. The van der Waals surface area contributed by atoms with Crippen LogP contribution >= 0.6 is 54.8 Å². The maximum absolute atomic E-state index is 12.0. The Morgan fingerprint density at radius 2 is 2.06 bits per heavy atom. The van der Waals surface area contributed by atoms with Crippen LogP contribution in [0.4, 0.5) is 5.69 Å². The van der Waals surface area contributed by atoms with Gasteiger partial charge in [-0.25, -0.2) is 0 Å². The zero-order valence-corrected chi connectivity index (χ0v) is 14.0. The Hall–Kier alpha value is -0.360. The third-order valence-electron chi connectivity index (χ3n) is 2.24. The van der Waals surface area contributed by atoms with Gasteiger partial charge in [0.2, 0.25) is 0 Å². The van der Waals surface area contributed by atoms with Crippen LogP contribution in [-0.4, -0.2) is 5.91 Å². The fraction of sp³-hybridized carbons (Fsp3) is 0.0833. The first-order chi connectivity index (χ1) is 8.47. The van der Waals surface area contributed by atoms with E-state index >= 15 is 0 Å². The quantitative estimate of drug-likeness (QED) is 0.698. The molecule has 1 aromatic heterocycles. The van der Waals surface area contributed by atoms with Crippen molar-refractivity contribution in [3.63, 3.8) is 0 Å². The fourth-order valence-corrected chi connectivity index (χ4v) is 3.58. The van der Waals surface area contributed by atoms with Gasteiger partial charge >= 0.3 is 0 Å². The van der Waals surface area contributed by atoms with Crippen LogP contribution in [0.1, 0.15) is 15.2 Å². The Balaban J connectivity index is 2.21. The highest BCUT2D eigenvalue weighted by Gasteiger charge is 2.13. The number of nitrogens with one attached hydrogen (secondary N) is 1. The van der Waals surface area contributed by atoms with E-state index in [2.05, 4.69) is 37.2 Å². The number of thiophene rings is 1. The summed E-state index contributed by atoms with van der Waals surface area (Å²) in [6.07, 6.45) is 0. The smallest absolute Gasteiger partial charge is 0.265 e. The third kappa shape index (κ3) is 3.15. The van der Waals surface area contributed by atoms with E-state index in [0.717, 1.165) is 13.8 Å². The van der Waals surface area contributed by atoms with Gasteiger partial charge in [-0.05, 0) is 62.5 Å². The molecule has 2 aromatic rings. The number of rotatable bonds is 2. The summed E-state index contributed by atoms with van der Waals surface area (Å²) in [5.41, 5.74) is 1.67. The molecule has 0 saturated heterocycles. The highest BCUT2D eigenvalue weighted by Crippen LogP contribution is 2.33. The molecule has 0 unspecified atom stereocenters. The van der Waals surface area contributed by atoms with Gasteiger partial charge in [0.25, 0.3) is 5.91 Å². The van der Waals surface area contributed by atoms with Gasteiger partial charge in [0.15, 0.2) is 0 Å². The highest BCUT2D eigenvalue weighted by atomic mass is 79.9. The number of carbonyl (C=O) groups excluding carboxylic acids is 1. The molecule has 0 fully saturated rings. The summed E-state index contributed by atoms with van der Waals surface area (Å²) in [4.78, 5) is 12.6. The SMILES string of the molecule is Cc1ccc(NC(=O)c2cc(Br)c(Br)s2)c(Cl)c1. The van der Waals surface area contributed by atoms with Crippen molar-refractivity contribution in [2.75, 3.05) is 5.32 Å². The minimum atomic E-state index is -0.169. The topological polar surface area (TPSA) is 29.1 Å². The summed E-state index contributed by atoms with van der Waals surface area (Å²) in [7, 11) is 0. The van der Waals surface area contributed by atoms with E-state index in [1.807, 2.05) is 19.1 Å². The first-order valence-corrected chi connectivity index (χ1v) is 7.78. The minimum Gasteiger partial charge on any atom is -0.320 e. The first kappa shape index (κ1) is 14.1. The van der Waals surface area contributed by atoms with Gasteiger partial charge < -0.3 is 5.32 Å². The summed E-state index contributed by atoms with van der Waals surface area (Å²) in [6, 6.07) is 7.29. The summed E-state index contributed by atoms with van der Waals surface area (Å²) in [5, 5.41) is 3.33. The monoisotopic (exact) mass is 407 g/mol. The van der Waals surface area contributed by atoms with Crippen molar-refractivity contribution >= 4 is 66.4 Å². The van der Waals surface area contributed by atoms with Crippen molar-refractivity contribution in [1.29, 1.82) is 0 Å². The number of amides is 1. The molecule has 0 aliphatic rings. The van der Waals surface area contributed by atoms with Gasteiger partial charge in [-0.15, -0.1) is 11.3 Å². The average molecular weight is 410 g/mol. The lowest BCUT2D eigenvalue weighted by Gasteiger charge is -2.06. The zero-order valence-electron chi connectivity index (χ0n) is 9.26. The molecular formula is C12H8Br2ClNOS. The van der Waals surface area contributed by atoms with Gasteiger partial charge in [-0.1, -0.05) is 17.7 Å². The van der Waals surface area contributed by atoms with Crippen LogP contribution in [0.5, 0.6) is 0 Å². The van der Waals surface area contributed by atoms with Crippen LogP contribution in [0.25, 0.3) is 0 Å². The summed E-state index contributed by atoms with van der Waals surface area (Å²) in [6.45, 7) is 1.95. The van der Waals surface area contributed by atoms with Crippen LogP contribution in [-0.2, 0) is 0 Å². The number of benzene rings is 1. The van der Waals surface area contributed by atoms with Gasteiger partial charge in [0.1, 0.15) is 0 Å². The van der Waals surface area contributed by atoms with Crippen LogP contribution in [0.2, 0.25) is 5.02 Å². The zero-order chi connectivity index (χ0) is 13.3. The van der Waals surface area contributed by atoms with E-state index in [1.54, 1.807) is 12.1 Å². The summed E-state index contributed by atoms with van der Waals surface area (Å²) < 4.78 is 1.76. The number of carbonyl (C=O) groups is 1. The van der Waals surface area contributed by atoms with Crippen molar-refractivity contribution in [2.45, 2.75) is 6.92 Å². The molecule has 2 rings (SSSR count). The van der Waals surface area contributed by atoms with E-state index in [0.29, 0.717) is 15.6 Å². The molecule has 0 radical (unpaired) electrons. The van der Waals surface area contributed by atoms with Crippen LogP contribution in [0, 0.1) is 6.92 Å². The molecule has 0 saturated carbocycles. The van der Waals surface area contributed by atoms with E-state index in [-0.39, 0.29) is 5.91 Å². The normalized spacial score (nSPS) is 10.4. The lowest BCUT2D eigenvalue weighted by atomic mass is 10.2. The summed E-state index contributed by atoms with van der Waals surface area (Å²) in [5.74, 6) is -0.169. The predicted molar refractivity (Wildman–Crippen MR) is 83.9 cm³/mol. The number of hydrogen-bond acceptors (Lipinski definition) is 2. The molecule has 94 valence electrons. The molecule has 2 nitrogen and oxygen atoms in total. The maximum Gasteiger partial charge on any atom is 0.265 e. The Morgan fingerprint density at radius 3 is 2.61 bits per heavy atom. The lowest BCUT2D eigenvalue weighted by molar-refractivity contribution is 0.103. The maximum atomic E-state index is 12.0. The lowest BCUT2D eigenvalue weighted by Crippen LogP contribution is -2.10. The molecule has 18 heavy (non-hydrogen) atoms. The van der Waals surface area contributed by atoms with Crippen LogP contribution in [0.3, 0.4) is 0 Å². The Labute approximate surface area is 131 Å². The molecule has 1 heterocycles. The number of anilines is 1. The van der Waals surface area contributed by atoms with Crippen molar-refractivity contribution in [2.24, 2.45) is 0 Å². The molecule has 0 spiro atoms. The van der Waals surface area contributed by atoms with E-state index < -0.39 is 0 Å². The van der Waals surface area contributed by atoms with Crippen molar-refractivity contribution in [3.8, 4) is 0 Å². The molecule has 0 aliphatic carbocycles. The second kappa shape index (κ2) is 5.74. The second-order valence-corrected chi connectivity index (χ2v) is 7.30. The molecule has 1 N–H and O–H groups in total. The van der Waals surface area contributed by atoms with Gasteiger partial charge in [-0.2, -0.15) is 0 Å². The Bertz CT molecular complexity index is 593. The first-order valence-electron chi connectivity index (χ1n) is 4.99. The van der Waals surface area contributed by atoms with Crippen molar-refractivity contribution in [1.82, 2.24) is 0 Å². The highest BCUT2D eigenvalue weighted by molar-refractivity contribution is 9.13. The summed E-state index contributed by atoms with van der Waals surface area (Å²) >= 11 is 14.1. The Morgan fingerprint density at radius 1 is 1.33 bits per heavy atom. The molecule has 1 aromatic carbocycles. The Kier molecular flexibility index (Phi) is 4.48. The van der Waals surface area contributed by atoms with E-state index in [1.165, 1.54) is 11.3 Å². The second-order valence-electron chi connectivity index (χ2n) is 3.67. The van der Waals surface area contributed by atoms with Gasteiger partial charge in [0.05, 0.1) is 19.4 Å². The third-order valence-corrected chi connectivity index (χ3v) is 5.81. The fourth-order valence-electron chi connectivity index (χ4n) is 1.36. The minimum absolute atomic E-state index is 0.169. The number of halogens is 3. The van der Waals surface area contributed by atoms with E-state index in [9.17, 15) is 4.79 Å². The van der Waals surface area contributed by atoms with Gasteiger partial charge in [0, 0.05) is 4.47 Å². The molecule has 0 atom stereocenters.